The van der Waals surface area contributed by atoms with Crippen LogP contribution >= 0.6 is 11.3 Å². The molecule has 3 rings (SSSR count). The lowest BCUT2D eigenvalue weighted by atomic mass is 10.2. The number of halogens is 2. The minimum Gasteiger partial charge on any atom is -0.357 e. The number of thiazole rings is 1. The number of nitrogens with zero attached hydrogens (tertiary/aromatic N) is 1. The lowest BCUT2D eigenvalue weighted by Crippen LogP contribution is -2.02. The molecule has 2 nitrogen and oxygen atoms in total. The maximum Gasteiger partial charge on any atom is 0.184 e. The number of benzene rings is 2. The first-order valence-electron chi connectivity index (χ1n) is 6.17. The summed E-state index contributed by atoms with van der Waals surface area (Å²) in [6.07, 6.45) is 0. The van der Waals surface area contributed by atoms with E-state index in [0.29, 0.717) is 10.7 Å². The van der Waals surface area contributed by atoms with E-state index in [2.05, 4.69) is 10.3 Å². The van der Waals surface area contributed by atoms with Gasteiger partial charge in [0.1, 0.15) is 11.6 Å². The number of para-hydroxylation sites is 1. The first-order chi connectivity index (χ1) is 9.63. The molecule has 0 bridgehead atoms. The SMILES string of the molecule is Cc1cccc2sc(NCc3cc(F)ccc3F)nc12. The van der Waals surface area contributed by atoms with Crippen LogP contribution in [0.3, 0.4) is 0 Å². The molecule has 0 saturated carbocycles. The molecule has 0 amide bonds. The Morgan fingerprint density at radius 2 is 2.05 bits per heavy atom. The molecule has 0 atom stereocenters. The van der Waals surface area contributed by atoms with Gasteiger partial charge in [0.2, 0.25) is 0 Å². The smallest absolute Gasteiger partial charge is 0.184 e. The van der Waals surface area contributed by atoms with Gasteiger partial charge in [-0.15, -0.1) is 0 Å². The zero-order valence-electron chi connectivity index (χ0n) is 10.8. The molecule has 102 valence electrons. The molecule has 1 N–H and O–H groups in total. The molecule has 0 unspecified atom stereocenters. The van der Waals surface area contributed by atoms with Gasteiger partial charge in [0.15, 0.2) is 5.13 Å². The molecule has 20 heavy (non-hydrogen) atoms. The van der Waals surface area contributed by atoms with Crippen LogP contribution in [0.2, 0.25) is 0 Å². The van der Waals surface area contributed by atoms with Gasteiger partial charge >= 0.3 is 0 Å². The Morgan fingerprint density at radius 3 is 2.85 bits per heavy atom. The molecule has 3 aromatic rings. The third-order valence-corrected chi connectivity index (χ3v) is 4.04. The third kappa shape index (κ3) is 2.49. The van der Waals surface area contributed by atoms with Gasteiger partial charge < -0.3 is 5.32 Å². The van der Waals surface area contributed by atoms with Crippen molar-refractivity contribution in [3.63, 3.8) is 0 Å². The normalized spacial score (nSPS) is 10.9. The van der Waals surface area contributed by atoms with E-state index in [1.165, 1.54) is 17.4 Å². The number of hydrogen-bond acceptors (Lipinski definition) is 3. The average molecular weight is 290 g/mol. The highest BCUT2D eigenvalue weighted by atomic mass is 32.1. The highest BCUT2D eigenvalue weighted by molar-refractivity contribution is 7.22. The van der Waals surface area contributed by atoms with Crippen molar-refractivity contribution in [3.8, 4) is 0 Å². The largest absolute Gasteiger partial charge is 0.357 e. The van der Waals surface area contributed by atoms with Crippen molar-refractivity contribution < 1.29 is 8.78 Å². The summed E-state index contributed by atoms with van der Waals surface area (Å²) >= 11 is 1.50. The maximum absolute atomic E-state index is 13.5. The summed E-state index contributed by atoms with van der Waals surface area (Å²) in [6.45, 7) is 2.21. The van der Waals surface area contributed by atoms with E-state index < -0.39 is 11.6 Å². The standard InChI is InChI=1S/C15H12F2N2S/c1-9-3-2-4-13-14(9)19-15(20-13)18-8-10-7-11(16)5-6-12(10)17/h2-7H,8H2,1H3,(H,18,19). The van der Waals surface area contributed by atoms with Gasteiger partial charge in [0.25, 0.3) is 0 Å². The van der Waals surface area contributed by atoms with Gasteiger partial charge in [-0.25, -0.2) is 13.8 Å². The Hall–Kier alpha value is -2.01. The molecule has 5 heteroatoms. The molecule has 0 saturated heterocycles. The molecule has 0 aliphatic carbocycles. The highest BCUT2D eigenvalue weighted by Gasteiger charge is 2.07. The Labute approximate surface area is 119 Å². The van der Waals surface area contributed by atoms with E-state index in [4.69, 9.17) is 0 Å². The number of hydrogen-bond donors (Lipinski definition) is 1. The average Bonchev–Trinajstić information content (AvgIpc) is 2.84. The van der Waals surface area contributed by atoms with E-state index in [1.807, 2.05) is 25.1 Å². The van der Waals surface area contributed by atoms with Gasteiger partial charge in [0, 0.05) is 12.1 Å². The fraction of sp³-hybridized carbons (Fsp3) is 0.133. The van der Waals surface area contributed by atoms with Gasteiger partial charge in [-0.3, -0.25) is 0 Å². The van der Waals surface area contributed by atoms with Gasteiger partial charge in [-0.2, -0.15) is 0 Å². The van der Waals surface area contributed by atoms with Crippen molar-refractivity contribution in [2.75, 3.05) is 5.32 Å². The van der Waals surface area contributed by atoms with Crippen molar-refractivity contribution in [2.24, 2.45) is 0 Å². The summed E-state index contributed by atoms with van der Waals surface area (Å²) in [5, 5.41) is 3.75. The fourth-order valence-electron chi connectivity index (χ4n) is 2.01. The Bertz CT molecular complexity index is 768. The first kappa shape index (κ1) is 13.0. The second kappa shape index (κ2) is 5.17. The van der Waals surface area contributed by atoms with Crippen LogP contribution in [0.15, 0.2) is 36.4 Å². The lowest BCUT2D eigenvalue weighted by molar-refractivity contribution is 0.587. The summed E-state index contributed by atoms with van der Waals surface area (Å²) in [6, 6.07) is 9.41. The van der Waals surface area contributed by atoms with Crippen LogP contribution < -0.4 is 5.32 Å². The van der Waals surface area contributed by atoms with Crippen molar-refractivity contribution in [3.05, 3.63) is 59.2 Å². The molecular formula is C15H12F2N2S. The number of rotatable bonds is 3. The van der Waals surface area contributed by atoms with Crippen molar-refractivity contribution in [1.29, 1.82) is 0 Å². The van der Waals surface area contributed by atoms with E-state index in [0.717, 1.165) is 27.9 Å². The molecule has 1 heterocycles. The van der Waals surface area contributed by atoms with Crippen LogP contribution in [0.5, 0.6) is 0 Å². The van der Waals surface area contributed by atoms with Gasteiger partial charge in [-0.1, -0.05) is 23.5 Å². The second-order valence-electron chi connectivity index (χ2n) is 4.53. The Balaban J connectivity index is 1.83. The minimum atomic E-state index is -0.441. The molecule has 0 fully saturated rings. The monoisotopic (exact) mass is 290 g/mol. The van der Waals surface area contributed by atoms with E-state index in [-0.39, 0.29) is 6.54 Å². The maximum atomic E-state index is 13.5. The first-order valence-corrected chi connectivity index (χ1v) is 6.99. The van der Waals surface area contributed by atoms with E-state index >= 15 is 0 Å². The number of aryl methyl sites for hydroxylation is 1. The predicted molar refractivity (Wildman–Crippen MR) is 78.0 cm³/mol. The minimum absolute atomic E-state index is 0.211. The van der Waals surface area contributed by atoms with Crippen LogP contribution in [-0.2, 0) is 6.54 Å². The van der Waals surface area contributed by atoms with Crippen molar-refractivity contribution in [2.45, 2.75) is 13.5 Å². The molecule has 0 spiro atoms. The molecular weight excluding hydrogens is 278 g/mol. The van der Waals surface area contributed by atoms with Crippen LogP contribution in [0.1, 0.15) is 11.1 Å². The molecule has 1 aromatic heterocycles. The molecule has 0 aliphatic heterocycles. The number of nitrogens with one attached hydrogen (secondary N) is 1. The summed E-state index contributed by atoms with van der Waals surface area (Å²) in [5.74, 6) is -0.862. The molecule has 2 aromatic carbocycles. The van der Waals surface area contributed by atoms with Crippen LogP contribution in [0, 0.1) is 18.6 Å². The predicted octanol–water partition coefficient (Wildman–Crippen LogP) is 4.50. The van der Waals surface area contributed by atoms with E-state index in [9.17, 15) is 8.78 Å². The zero-order chi connectivity index (χ0) is 14.1. The number of aromatic nitrogens is 1. The Morgan fingerprint density at radius 1 is 1.20 bits per heavy atom. The Kier molecular flexibility index (Phi) is 3.36. The molecule has 0 aliphatic rings. The quantitative estimate of drug-likeness (QED) is 0.768. The molecule has 0 radical (unpaired) electrons. The highest BCUT2D eigenvalue weighted by Crippen LogP contribution is 2.28. The summed E-state index contributed by atoms with van der Waals surface area (Å²) < 4.78 is 27.7. The van der Waals surface area contributed by atoms with Crippen molar-refractivity contribution >= 4 is 26.7 Å². The topological polar surface area (TPSA) is 24.9 Å². The summed E-state index contributed by atoms with van der Waals surface area (Å²) in [7, 11) is 0. The van der Waals surface area contributed by atoms with Gasteiger partial charge in [0.05, 0.1) is 10.2 Å². The fourth-order valence-corrected chi connectivity index (χ4v) is 2.95. The van der Waals surface area contributed by atoms with Gasteiger partial charge in [-0.05, 0) is 36.8 Å². The summed E-state index contributed by atoms with van der Waals surface area (Å²) in [5.41, 5.74) is 2.34. The lowest BCUT2D eigenvalue weighted by Gasteiger charge is -2.04. The second-order valence-corrected chi connectivity index (χ2v) is 5.56. The number of anilines is 1. The van der Waals surface area contributed by atoms with Crippen LogP contribution in [0.4, 0.5) is 13.9 Å². The third-order valence-electron chi connectivity index (χ3n) is 3.06. The summed E-state index contributed by atoms with van der Waals surface area (Å²) in [4.78, 5) is 4.47. The zero-order valence-corrected chi connectivity index (χ0v) is 11.6. The van der Waals surface area contributed by atoms with E-state index in [1.54, 1.807) is 0 Å². The van der Waals surface area contributed by atoms with Crippen LogP contribution in [0.25, 0.3) is 10.2 Å². The van der Waals surface area contributed by atoms with Crippen molar-refractivity contribution in [1.82, 2.24) is 4.98 Å². The number of fused-ring (bicyclic) bond motifs is 1. The van der Waals surface area contributed by atoms with Crippen LogP contribution in [-0.4, -0.2) is 4.98 Å².